The lowest BCUT2D eigenvalue weighted by Crippen LogP contribution is -2.41. The van der Waals surface area contributed by atoms with Gasteiger partial charge in [0.15, 0.2) is 0 Å². The molecule has 118 valence electrons. The van der Waals surface area contributed by atoms with Gasteiger partial charge in [0.2, 0.25) is 11.8 Å². The first kappa shape index (κ1) is 17.2. The number of hydrogen-bond acceptors (Lipinski definition) is 5. The fraction of sp³-hybridized carbons (Fsp3) is 0.643. The molecule has 1 aromatic heterocycles. The minimum absolute atomic E-state index is 0.0183. The number of nitrogens with one attached hydrogen (secondary N) is 1. The lowest BCUT2D eigenvalue weighted by molar-refractivity contribution is -0.139. The maximum atomic E-state index is 11.9. The fourth-order valence-corrected chi connectivity index (χ4v) is 1.64. The quantitative estimate of drug-likeness (QED) is 0.830. The van der Waals surface area contributed by atoms with Gasteiger partial charge >= 0.3 is 5.97 Å². The lowest BCUT2D eigenvalue weighted by atomic mass is 9.92. The Bertz CT molecular complexity index is 503. The molecule has 0 aromatic carbocycles. The van der Waals surface area contributed by atoms with E-state index in [2.05, 4.69) is 10.5 Å². The van der Waals surface area contributed by atoms with E-state index in [-0.39, 0.29) is 36.3 Å². The topological polar surface area (TPSA) is 95.7 Å². The second kappa shape index (κ2) is 6.71. The van der Waals surface area contributed by atoms with E-state index in [1.165, 1.54) is 0 Å². The van der Waals surface area contributed by atoms with E-state index in [0.29, 0.717) is 0 Å². The number of nitrogens with zero attached hydrogens (tertiary/aromatic N) is 2. The van der Waals surface area contributed by atoms with E-state index < -0.39 is 5.97 Å². The van der Waals surface area contributed by atoms with E-state index in [0.717, 1.165) is 5.69 Å². The highest BCUT2D eigenvalue weighted by Crippen LogP contribution is 2.23. The molecule has 0 aliphatic rings. The molecular weight excluding hydrogens is 274 g/mol. The summed E-state index contributed by atoms with van der Waals surface area (Å²) in [6, 6.07) is 1.63. The summed E-state index contributed by atoms with van der Waals surface area (Å²) < 4.78 is 5.07. The van der Waals surface area contributed by atoms with Gasteiger partial charge in [0.05, 0.1) is 18.8 Å². The summed E-state index contributed by atoms with van der Waals surface area (Å²) in [5.41, 5.74) is 0.573. The molecule has 21 heavy (non-hydrogen) atoms. The van der Waals surface area contributed by atoms with Crippen LogP contribution in [-0.2, 0) is 15.0 Å². The van der Waals surface area contributed by atoms with Crippen LogP contribution in [0.1, 0.15) is 40.3 Å². The monoisotopic (exact) mass is 297 g/mol. The van der Waals surface area contributed by atoms with Crippen LogP contribution in [0, 0.1) is 0 Å². The summed E-state index contributed by atoms with van der Waals surface area (Å²) in [4.78, 5) is 24.3. The molecule has 0 bridgehead atoms. The van der Waals surface area contributed by atoms with Crippen LogP contribution in [0.15, 0.2) is 10.6 Å². The minimum Gasteiger partial charge on any atom is -0.480 e. The molecule has 1 amide bonds. The zero-order chi connectivity index (χ0) is 16.2. The van der Waals surface area contributed by atoms with Gasteiger partial charge in [0.25, 0.3) is 0 Å². The molecule has 1 heterocycles. The number of aliphatic carboxylic acids is 1. The number of hydrogen-bond donors (Lipinski definition) is 2. The number of carboxylic acids is 1. The Morgan fingerprint density at radius 2 is 2.00 bits per heavy atom. The Balaban J connectivity index is 2.64. The van der Waals surface area contributed by atoms with Crippen molar-refractivity contribution < 1.29 is 19.2 Å². The fourth-order valence-electron chi connectivity index (χ4n) is 1.64. The summed E-state index contributed by atoms with van der Waals surface area (Å²) in [5.74, 6) is -1.03. The maximum Gasteiger partial charge on any atom is 0.317 e. The predicted molar refractivity (Wildman–Crippen MR) is 78.2 cm³/mol. The van der Waals surface area contributed by atoms with E-state index in [4.69, 9.17) is 9.63 Å². The highest BCUT2D eigenvalue weighted by molar-refractivity contribution is 5.91. The van der Waals surface area contributed by atoms with Crippen LogP contribution in [0.5, 0.6) is 0 Å². The number of anilines is 1. The van der Waals surface area contributed by atoms with Gasteiger partial charge in [0.1, 0.15) is 0 Å². The number of rotatable bonds is 6. The number of amides is 1. The van der Waals surface area contributed by atoms with Crippen LogP contribution in [0.3, 0.4) is 0 Å². The first-order valence-corrected chi connectivity index (χ1v) is 6.82. The van der Waals surface area contributed by atoms with Crippen molar-refractivity contribution in [1.82, 2.24) is 10.1 Å². The van der Waals surface area contributed by atoms with Gasteiger partial charge in [-0.3, -0.25) is 19.8 Å². The van der Waals surface area contributed by atoms with Crippen molar-refractivity contribution in [2.24, 2.45) is 0 Å². The van der Waals surface area contributed by atoms with Crippen molar-refractivity contribution in [3.05, 3.63) is 11.8 Å². The van der Waals surface area contributed by atoms with E-state index in [9.17, 15) is 9.59 Å². The molecule has 1 rings (SSSR count). The maximum absolute atomic E-state index is 11.9. The molecule has 0 spiro atoms. The molecule has 0 fully saturated rings. The summed E-state index contributed by atoms with van der Waals surface area (Å²) in [7, 11) is 0. The van der Waals surface area contributed by atoms with Gasteiger partial charge in [-0.15, -0.1) is 0 Å². The number of carbonyl (C=O) groups excluding carboxylic acids is 1. The molecule has 0 aliphatic carbocycles. The third kappa shape index (κ3) is 5.55. The molecule has 1 aromatic rings. The second-order valence-corrected chi connectivity index (χ2v) is 6.27. The molecule has 7 heteroatoms. The van der Waals surface area contributed by atoms with Crippen molar-refractivity contribution in [1.29, 1.82) is 0 Å². The van der Waals surface area contributed by atoms with Gasteiger partial charge in [-0.1, -0.05) is 25.9 Å². The summed E-state index contributed by atoms with van der Waals surface area (Å²) in [6.07, 6.45) is 0. The molecule has 0 aliphatic heterocycles. The van der Waals surface area contributed by atoms with Gasteiger partial charge < -0.3 is 9.63 Å². The first-order chi connectivity index (χ1) is 9.59. The van der Waals surface area contributed by atoms with E-state index in [1.54, 1.807) is 11.0 Å². The minimum atomic E-state index is -0.966. The van der Waals surface area contributed by atoms with Crippen LogP contribution >= 0.6 is 0 Å². The van der Waals surface area contributed by atoms with Crippen molar-refractivity contribution in [3.63, 3.8) is 0 Å². The summed E-state index contributed by atoms with van der Waals surface area (Å²) in [5, 5.41) is 15.3. The number of carboxylic acid groups (broad SMARTS) is 1. The summed E-state index contributed by atoms with van der Waals surface area (Å²) >= 11 is 0. The highest BCUT2D eigenvalue weighted by Gasteiger charge is 2.21. The third-order valence-corrected chi connectivity index (χ3v) is 2.96. The van der Waals surface area contributed by atoms with Crippen molar-refractivity contribution in [2.75, 3.05) is 18.4 Å². The molecule has 0 saturated carbocycles. The normalized spacial score (nSPS) is 12.0. The highest BCUT2D eigenvalue weighted by atomic mass is 16.5. The Kier molecular flexibility index (Phi) is 5.48. The van der Waals surface area contributed by atoms with E-state index >= 15 is 0 Å². The second-order valence-electron chi connectivity index (χ2n) is 6.27. The molecule has 0 unspecified atom stereocenters. The summed E-state index contributed by atoms with van der Waals surface area (Å²) in [6.45, 7) is 9.44. The number of carbonyl (C=O) groups is 2. The predicted octanol–water partition coefficient (Wildman–Crippen LogP) is 1.71. The van der Waals surface area contributed by atoms with Gasteiger partial charge in [-0.05, 0) is 13.8 Å². The van der Waals surface area contributed by atoms with Crippen molar-refractivity contribution in [2.45, 2.75) is 46.1 Å². The molecule has 0 atom stereocenters. The zero-order valence-corrected chi connectivity index (χ0v) is 13.1. The van der Waals surface area contributed by atoms with Gasteiger partial charge in [0, 0.05) is 17.5 Å². The van der Waals surface area contributed by atoms with Crippen LogP contribution in [-0.4, -0.2) is 46.2 Å². The SMILES string of the molecule is CC(C)N(CC(=O)O)CC(=O)Nc1cc(C(C)(C)C)no1. The Labute approximate surface area is 124 Å². The molecule has 7 nitrogen and oxygen atoms in total. The zero-order valence-electron chi connectivity index (χ0n) is 13.1. The largest absolute Gasteiger partial charge is 0.480 e. The molecule has 2 N–H and O–H groups in total. The smallest absolute Gasteiger partial charge is 0.317 e. The molecular formula is C14H23N3O4. The molecule has 0 radical (unpaired) electrons. The van der Waals surface area contributed by atoms with Crippen LogP contribution < -0.4 is 5.32 Å². The average Bonchev–Trinajstić information content (AvgIpc) is 2.75. The standard InChI is InChI=1S/C14H23N3O4/c1-9(2)17(8-13(19)20)7-11(18)15-12-6-10(16-21-12)14(3,4)5/h6,9H,7-8H2,1-5H3,(H,15,18)(H,19,20). The Morgan fingerprint density at radius 3 is 2.43 bits per heavy atom. The number of aromatic nitrogens is 1. The third-order valence-electron chi connectivity index (χ3n) is 2.96. The van der Waals surface area contributed by atoms with Crippen LogP contribution in [0.25, 0.3) is 0 Å². The van der Waals surface area contributed by atoms with Crippen molar-refractivity contribution in [3.8, 4) is 0 Å². The van der Waals surface area contributed by atoms with Crippen LogP contribution in [0.4, 0.5) is 5.88 Å². The van der Waals surface area contributed by atoms with Crippen molar-refractivity contribution >= 4 is 17.8 Å². The molecule has 0 saturated heterocycles. The average molecular weight is 297 g/mol. The first-order valence-electron chi connectivity index (χ1n) is 6.82. The lowest BCUT2D eigenvalue weighted by Gasteiger charge is -2.23. The van der Waals surface area contributed by atoms with Gasteiger partial charge in [-0.2, -0.15) is 0 Å². The van der Waals surface area contributed by atoms with E-state index in [1.807, 2.05) is 34.6 Å². The van der Waals surface area contributed by atoms with Crippen LogP contribution in [0.2, 0.25) is 0 Å². The Morgan fingerprint density at radius 1 is 1.38 bits per heavy atom. The van der Waals surface area contributed by atoms with Gasteiger partial charge in [-0.25, -0.2) is 0 Å². The Hall–Kier alpha value is -1.89.